The van der Waals surface area contributed by atoms with E-state index in [9.17, 15) is 9.59 Å². The fourth-order valence-corrected chi connectivity index (χ4v) is 10.1. The number of esters is 1. The number of piperidine rings is 1. The molecule has 0 unspecified atom stereocenters. The molecule has 5 aliphatic rings. The number of hydrogen-bond donors (Lipinski definition) is 0. The van der Waals surface area contributed by atoms with Gasteiger partial charge in [-0.25, -0.2) is 0 Å². The number of rotatable bonds is 9. The molecule has 0 radical (unpaired) electrons. The van der Waals surface area contributed by atoms with Crippen molar-refractivity contribution in [2.75, 3.05) is 26.7 Å². The number of nitrogens with zero attached hydrogens (tertiary/aromatic N) is 2. The van der Waals surface area contributed by atoms with Crippen molar-refractivity contribution < 1.29 is 23.8 Å². The zero-order valence-corrected chi connectivity index (χ0v) is 27.8. The van der Waals surface area contributed by atoms with Crippen LogP contribution in [0.3, 0.4) is 0 Å². The third-order valence-electron chi connectivity index (χ3n) is 10.4. The number of methoxy groups -OCH3 is 1. The van der Waals surface area contributed by atoms with E-state index in [4.69, 9.17) is 14.2 Å². The molecular weight excluding hydrogens is 628 g/mol. The maximum Gasteiger partial charge on any atom is 0.303 e. The Morgan fingerprint density at radius 1 is 1.26 bits per heavy atom. The first-order valence-corrected chi connectivity index (χ1v) is 17.4. The van der Waals surface area contributed by atoms with Crippen molar-refractivity contribution >= 4 is 45.2 Å². The van der Waals surface area contributed by atoms with Crippen LogP contribution < -0.4 is 9.47 Å². The van der Waals surface area contributed by atoms with Crippen molar-refractivity contribution in [3.8, 4) is 11.5 Å². The van der Waals surface area contributed by atoms with Crippen molar-refractivity contribution in [3.05, 3.63) is 50.1 Å². The lowest BCUT2D eigenvalue weighted by Crippen LogP contribution is -2.79. The summed E-state index contributed by atoms with van der Waals surface area (Å²) in [6.45, 7) is 8.46. The van der Waals surface area contributed by atoms with Gasteiger partial charge in [-0.15, -0.1) is 11.3 Å². The van der Waals surface area contributed by atoms with Gasteiger partial charge in [0.05, 0.1) is 24.6 Å². The van der Waals surface area contributed by atoms with E-state index in [1.54, 1.807) is 31.4 Å². The number of carbonyl (C=O) groups is 2. The van der Waals surface area contributed by atoms with Crippen LogP contribution in [0.1, 0.15) is 68.9 Å². The van der Waals surface area contributed by atoms with Gasteiger partial charge in [0.1, 0.15) is 11.7 Å². The zero-order chi connectivity index (χ0) is 30.1. The number of amides is 1. The number of carbonyl (C=O) groups excluding carboxylic acids is 2. The van der Waals surface area contributed by atoms with E-state index in [2.05, 4.69) is 40.7 Å². The first kappa shape index (κ1) is 29.4. The molecule has 1 aromatic carbocycles. The summed E-state index contributed by atoms with van der Waals surface area (Å²) in [5.41, 5.74) is 1.14. The molecule has 3 fully saturated rings. The molecule has 7 rings (SSSR count). The van der Waals surface area contributed by atoms with Crippen LogP contribution in [0.25, 0.3) is 6.08 Å². The number of hydrogen-bond acceptors (Lipinski definition) is 7. The minimum Gasteiger partial charge on any atom is -0.493 e. The highest BCUT2D eigenvalue weighted by Gasteiger charge is 2.75. The predicted octanol–water partition coefficient (Wildman–Crippen LogP) is 6.22. The molecule has 230 valence electrons. The Kier molecular flexibility index (Phi) is 7.45. The topological polar surface area (TPSA) is 68.3 Å². The quantitative estimate of drug-likeness (QED) is 0.234. The lowest BCUT2D eigenvalue weighted by Gasteiger charge is -2.65. The molecule has 1 amide bonds. The molecule has 0 N–H and O–H groups in total. The van der Waals surface area contributed by atoms with E-state index in [1.165, 1.54) is 18.4 Å². The van der Waals surface area contributed by atoms with Crippen molar-refractivity contribution in [1.29, 1.82) is 0 Å². The summed E-state index contributed by atoms with van der Waals surface area (Å²) >= 11 is 5.12. The fourth-order valence-electron chi connectivity index (χ4n) is 8.81. The Balaban J connectivity index is 1.34. The predicted molar refractivity (Wildman–Crippen MR) is 171 cm³/mol. The van der Waals surface area contributed by atoms with E-state index in [-0.39, 0.29) is 36.0 Å². The highest BCUT2D eigenvalue weighted by atomic mass is 79.9. The van der Waals surface area contributed by atoms with Gasteiger partial charge in [-0.05, 0) is 96.6 Å². The standard InChI is InChI=1S/C34H41BrN2O5S/c1-20(2)17-37(29(39)10-8-25-16-24(35)19-43-25)26-11-12-34(42-21(3)38)28-15-23-7-9-27(40-4)31-30(23)33(34,32(26)41-31)13-14-36(28)18-22-5-6-22/h7-10,16,19-20,22,26,28,32H,5-6,11-15,17-18H2,1-4H3/b10-8+/t26-,28-,32+,33+,34-/m1/s1. The third-order valence-corrected chi connectivity index (χ3v) is 12.1. The van der Waals surface area contributed by atoms with Gasteiger partial charge in [0.2, 0.25) is 5.91 Å². The van der Waals surface area contributed by atoms with Crippen molar-refractivity contribution in [1.82, 2.24) is 9.80 Å². The monoisotopic (exact) mass is 668 g/mol. The molecular formula is C34H41BrN2O5S. The molecule has 3 heterocycles. The third kappa shape index (κ3) is 4.67. The zero-order valence-electron chi connectivity index (χ0n) is 25.4. The van der Waals surface area contributed by atoms with Gasteiger partial charge in [-0.2, -0.15) is 0 Å². The Hall–Kier alpha value is -2.36. The molecule has 9 heteroatoms. The second kappa shape index (κ2) is 10.9. The molecule has 1 aromatic heterocycles. The lowest BCUT2D eigenvalue weighted by atomic mass is 9.48. The number of benzene rings is 1. The number of likely N-dealkylation sites (tertiary alicyclic amines) is 1. The molecule has 2 saturated carbocycles. The maximum absolute atomic E-state index is 14.1. The van der Waals surface area contributed by atoms with Crippen molar-refractivity contribution in [3.63, 3.8) is 0 Å². The Morgan fingerprint density at radius 2 is 2.07 bits per heavy atom. The highest BCUT2D eigenvalue weighted by molar-refractivity contribution is 9.10. The van der Waals surface area contributed by atoms with Gasteiger partial charge in [0, 0.05) is 46.4 Å². The molecule has 43 heavy (non-hydrogen) atoms. The summed E-state index contributed by atoms with van der Waals surface area (Å²) in [4.78, 5) is 32.8. The Labute approximate surface area is 266 Å². The summed E-state index contributed by atoms with van der Waals surface area (Å²) in [5, 5.41) is 2.02. The fraction of sp³-hybridized carbons (Fsp3) is 0.588. The van der Waals surface area contributed by atoms with Crippen LogP contribution in [0.5, 0.6) is 11.5 Å². The molecule has 7 nitrogen and oxygen atoms in total. The van der Waals surface area contributed by atoms with Crippen LogP contribution in [0.4, 0.5) is 0 Å². The number of ether oxygens (including phenoxy) is 3. The van der Waals surface area contributed by atoms with Crippen LogP contribution in [0, 0.1) is 11.8 Å². The molecule has 2 aliphatic heterocycles. The van der Waals surface area contributed by atoms with Crippen LogP contribution >= 0.6 is 27.3 Å². The number of thiophene rings is 1. The first-order chi connectivity index (χ1) is 20.7. The molecule has 3 aliphatic carbocycles. The molecule has 2 aromatic rings. The largest absolute Gasteiger partial charge is 0.493 e. The SMILES string of the molecule is COc1ccc2c3c1O[C@H]1[C@H](N(CC(C)C)C(=O)/C=C/c4cc(Br)cs4)CC[C@@]4(OC(C)=O)[C@@H](C2)N(CC2CC2)CC[C@]314. The minimum absolute atomic E-state index is 0.00937. The van der Waals surface area contributed by atoms with E-state index in [1.807, 2.05) is 28.5 Å². The molecule has 2 bridgehead atoms. The van der Waals surface area contributed by atoms with Gasteiger partial charge in [0.15, 0.2) is 11.5 Å². The summed E-state index contributed by atoms with van der Waals surface area (Å²) < 4.78 is 20.6. The highest BCUT2D eigenvalue weighted by Crippen LogP contribution is 2.67. The minimum atomic E-state index is -0.719. The second-order valence-corrected chi connectivity index (χ2v) is 15.4. The summed E-state index contributed by atoms with van der Waals surface area (Å²) in [7, 11) is 1.68. The Bertz CT molecular complexity index is 1470. The molecule has 1 spiro atoms. The van der Waals surface area contributed by atoms with E-state index in [0.717, 1.165) is 52.5 Å². The smallest absolute Gasteiger partial charge is 0.303 e. The van der Waals surface area contributed by atoms with E-state index >= 15 is 0 Å². The first-order valence-electron chi connectivity index (χ1n) is 15.7. The summed E-state index contributed by atoms with van der Waals surface area (Å²) in [6.07, 6.45) is 8.88. The van der Waals surface area contributed by atoms with Crippen LogP contribution in [-0.4, -0.2) is 72.2 Å². The van der Waals surface area contributed by atoms with Gasteiger partial charge in [-0.1, -0.05) is 19.9 Å². The van der Waals surface area contributed by atoms with E-state index < -0.39 is 11.0 Å². The van der Waals surface area contributed by atoms with Gasteiger partial charge in [-0.3, -0.25) is 14.5 Å². The number of halogens is 1. The summed E-state index contributed by atoms with van der Waals surface area (Å²) in [6, 6.07) is 6.15. The maximum atomic E-state index is 14.1. The van der Waals surface area contributed by atoms with Crippen LogP contribution in [0.2, 0.25) is 0 Å². The van der Waals surface area contributed by atoms with Gasteiger partial charge < -0.3 is 19.1 Å². The lowest BCUT2D eigenvalue weighted by molar-refractivity contribution is -0.224. The van der Waals surface area contributed by atoms with Crippen LogP contribution in [-0.2, 0) is 26.2 Å². The van der Waals surface area contributed by atoms with Gasteiger partial charge in [0.25, 0.3) is 0 Å². The van der Waals surface area contributed by atoms with Crippen molar-refractivity contribution in [2.24, 2.45) is 11.8 Å². The Morgan fingerprint density at radius 3 is 2.74 bits per heavy atom. The molecule has 5 atom stereocenters. The normalized spacial score (nSPS) is 30.7. The van der Waals surface area contributed by atoms with Crippen molar-refractivity contribution in [2.45, 2.75) is 88.5 Å². The van der Waals surface area contributed by atoms with Crippen LogP contribution in [0.15, 0.2) is 34.1 Å². The van der Waals surface area contributed by atoms with Gasteiger partial charge >= 0.3 is 5.97 Å². The second-order valence-electron chi connectivity index (χ2n) is 13.5. The average Bonchev–Trinajstić information content (AvgIpc) is 3.57. The molecule has 1 saturated heterocycles. The van der Waals surface area contributed by atoms with E-state index in [0.29, 0.717) is 25.1 Å². The summed E-state index contributed by atoms with van der Waals surface area (Å²) in [5.74, 6) is 2.25. The average molecular weight is 670 g/mol.